The quantitative estimate of drug-likeness (QED) is 0.340. The first kappa shape index (κ1) is 25.5. The van der Waals surface area contributed by atoms with Crippen molar-refractivity contribution in [2.45, 2.75) is 31.5 Å². The second-order valence-corrected chi connectivity index (χ2v) is 9.59. The third-order valence-corrected chi connectivity index (χ3v) is 6.71. The van der Waals surface area contributed by atoms with Gasteiger partial charge >= 0.3 is 0 Å². The standard InChI is InChI=1S/C24H29N5O3S2/c1-4-14-29(15-21(30)25-18-11-7-6-10-17(18)3)22(31)16-33-24-28-27-23(34-24)26-19-12-8-9-13-20(19)32-5-2/h6-13H,4-5,14-16H2,1-3H3,(H,25,30)(H,26,27). The predicted molar refractivity (Wildman–Crippen MR) is 138 cm³/mol. The van der Waals surface area contributed by atoms with Gasteiger partial charge < -0.3 is 20.3 Å². The molecule has 0 bridgehead atoms. The van der Waals surface area contributed by atoms with Gasteiger partial charge in [0.1, 0.15) is 5.75 Å². The molecule has 0 aliphatic carbocycles. The largest absolute Gasteiger partial charge is 0.492 e. The molecule has 0 unspecified atom stereocenters. The lowest BCUT2D eigenvalue weighted by atomic mass is 10.2. The Balaban J connectivity index is 1.54. The van der Waals surface area contributed by atoms with Gasteiger partial charge in [-0.05, 0) is 44.0 Å². The fraction of sp³-hybridized carbons (Fsp3) is 0.333. The Bertz CT molecular complexity index is 1110. The van der Waals surface area contributed by atoms with Crippen molar-refractivity contribution in [2.24, 2.45) is 0 Å². The summed E-state index contributed by atoms with van der Waals surface area (Å²) in [5.74, 6) is 0.598. The lowest BCUT2D eigenvalue weighted by Gasteiger charge is -2.21. The Labute approximate surface area is 208 Å². The van der Waals surface area contributed by atoms with E-state index in [-0.39, 0.29) is 24.1 Å². The molecule has 0 saturated carbocycles. The van der Waals surface area contributed by atoms with Crippen molar-refractivity contribution in [1.82, 2.24) is 15.1 Å². The second kappa shape index (κ2) is 13.0. The number of anilines is 3. The first-order valence-corrected chi connectivity index (χ1v) is 12.9. The molecule has 34 heavy (non-hydrogen) atoms. The van der Waals surface area contributed by atoms with E-state index in [0.29, 0.717) is 22.6 Å². The van der Waals surface area contributed by atoms with Crippen LogP contribution in [0, 0.1) is 6.92 Å². The minimum Gasteiger partial charge on any atom is -0.492 e. The number of amides is 2. The van der Waals surface area contributed by atoms with E-state index in [2.05, 4.69) is 20.8 Å². The molecule has 2 N–H and O–H groups in total. The van der Waals surface area contributed by atoms with Crippen LogP contribution in [0.3, 0.4) is 0 Å². The van der Waals surface area contributed by atoms with Gasteiger partial charge in [0.2, 0.25) is 16.9 Å². The maximum atomic E-state index is 12.8. The maximum Gasteiger partial charge on any atom is 0.244 e. The highest BCUT2D eigenvalue weighted by molar-refractivity contribution is 8.01. The van der Waals surface area contributed by atoms with Gasteiger partial charge in [0, 0.05) is 12.2 Å². The number of nitrogens with zero attached hydrogens (tertiary/aromatic N) is 3. The van der Waals surface area contributed by atoms with Crippen LogP contribution < -0.4 is 15.4 Å². The molecule has 3 aromatic rings. The fourth-order valence-electron chi connectivity index (χ4n) is 3.14. The number of para-hydroxylation sites is 3. The number of carbonyl (C=O) groups is 2. The molecule has 10 heteroatoms. The normalized spacial score (nSPS) is 10.6. The summed E-state index contributed by atoms with van der Waals surface area (Å²) >= 11 is 2.68. The molecule has 3 rings (SSSR count). The van der Waals surface area contributed by atoms with E-state index in [4.69, 9.17) is 4.74 Å². The zero-order valence-electron chi connectivity index (χ0n) is 19.5. The maximum absolute atomic E-state index is 12.8. The lowest BCUT2D eigenvalue weighted by molar-refractivity contribution is -0.132. The number of rotatable bonds is 12. The average Bonchev–Trinajstić information content (AvgIpc) is 3.27. The molecule has 1 heterocycles. The summed E-state index contributed by atoms with van der Waals surface area (Å²) in [5.41, 5.74) is 2.54. The van der Waals surface area contributed by atoms with Crippen LogP contribution in [0.1, 0.15) is 25.8 Å². The van der Waals surface area contributed by atoms with Crippen LogP contribution in [0.2, 0.25) is 0 Å². The van der Waals surface area contributed by atoms with E-state index in [1.807, 2.05) is 69.3 Å². The van der Waals surface area contributed by atoms with Crippen LogP contribution >= 0.6 is 23.1 Å². The number of aromatic nitrogens is 2. The summed E-state index contributed by atoms with van der Waals surface area (Å²) in [6, 6.07) is 15.2. The molecule has 0 radical (unpaired) electrons. The molecule has 1 aromatic heterocycles. The van der Waals surface area contributed by atoms with Gasteiger partial charge in [0.25, 0.3) is 0 Å². The number of carbonyl (C=O) groups excluding carboxylic acids is 2. The third kappa shape index (κ3) is 7.46. The fourth-order valence-corrected chi connectivity index (χ4v) is 4.80. The van der Waals surface area contributed by atoms with Gasteiger partial charge in [-0.2, -0.15) is 0 Å². The number of benzene rings is 2. The highest BCUT2D eigenvalue weighted by Gasteiger charge is 2.18. The minimum absolute atomic E-state index is 0.0126. The summed E-state index contributed by atoms with van der Waals surface area (Å²) in [7, 11) is 0. The van der Waals surface area contributed by atoms with Crippen molar-refractivity contribution in [3.63, 3.8) is 0 Å². The second-order valence-electron chi connectivity index (χ2n) is 7.39. The van der Waals surface area contributed by atoms with Crippen LogP contribution in [0.5, 0.6) is 5.75 Å². The van der Waals surface area contributed by atoms with E-state index in [0.717, 1.165) is 29.1 Å². The van der Waals surface area contributed by atoms with Crippen LogP contribution in [0.4, 0.5) is 16.5 Å². The molecule has 180 valence electrons. The lowest BCUT2D eigenvalue weighted by Crippen LogP contribution is -2.39. The monoisotopic (exact) mass is 499 g/mol. The average molecular weight is 500 g/mol. The van der Waals surface area contributed by atoms with Gasteiger partial charge in [0.15, 0.2) is 4.34 Å². The summed E-state index contributed by atoms with van der Waals surface area (Å²) in [6.07, 6.45) is 0.764. The zero-order valence-corrected chi connectivity index (χ0v) is 21.2. The van der Waals surface area contributed by atoms with Crippen molar-refractivity contribution in [3.05, 3.63) is 54.1 Å². The topological polar surface area (TPSA) is 96.5 Å². The molecule has 0 saturated heterocycles. The number of aryl methyl sites for hydroxylation is 1. The zero-order chi connectivity index (χ0) is 24.3. The Kier molecular flexibility index (Phi) is 9.72. The van der Waals surface area contributed by atoms with Gasteiger partial charge in [0.05, 0.1) is 24.6 Å². The highest BCUT2D eigenvalue weighted by Crippen LogP contribution is 2.31. The first-order valence-electron chi connectivity index (χ1n) is 11.1. The molecule has 0 spiro atoms. The number of hydrogen-bond acceptors (Lipinski definition) is 8. The van der Waals surface area contributed by atoms with Gasteiger partial charge in [-0.15, -0.1) is 10.2 Å². The van der Waals surface area contributed by atoms with Gasteiger partial charge in [-0.25, -0.2) is 0 Å². The summed E-state index contributed by atoms with van der Waals surface area (Å²) < 4.78 is 6.30. The Morgan fingerprint density at radius 1 is 1.06 bits per heavy atom. The van der Waals surface area contributed by atoms with E-state index in [1.165, 1.54) is 23.1 Å². The van der Waals surface area contributed by atoms with E-state index < -0.39 is 0 Å². The number of hydrogen-bond donors (Lipinski definition) is 2. The molecule has 2 aromatic carbocycles. The van der Waals surface area contributed by atoms with Crippen molar-refractivity contribution < 1.29 is 14.3 Å². The molecule has 8 nitrogen and oxygen atoms in total. The molecular formula is C24H29N5O3S2. The highest BCUT2D eigenvalue weighted by atomic mass is 32.2. The molecule has 2 amide bonds. The predicted octanol–water partition coefficient (Wildman–Crippen LogP) is 4.96. The molecule has 0 fully saturated rings. The summed E-state index contributed by atoms with van der Waals surface area (Å²) in [4.78, 5) is 26.9. The summed E-state index contributed by atoms with van der Waals surface area (Å²) in [6.45, 7) is 6.94. The SMILES string of the molecule is CCCN(CC(=O)Nc1ccccc1C)C(=O)CSc1nnc(Nc2ccccc2OCC)s1. The molecular weight excluding hydrogens is 470 g/mol. The van der Waals surface area contributed by atoms with Crippen molar-refractivity contribution in [2.75, 3.05) is 36.1 Å². The molecule has 0 aliphatic heterocycles. The molecule has 0 aliphatic rings. The molecule has 0 atom stereocenters. The number of thioether (sulfide) groups is 1. The van der Waals surface area contributed by atoms with Crippen LogP contribution in [-0.2, 0) is 9.59 Å². The Morgan fingerprint density at radius 3 is 2.53 bits per heavy atom. The third-order valence-electron chi connectivity index (χ3n) is 4.75. The summed E-state index contributed by atoms with van der Waals surface area (Å²) in [5, 5.41) is 15.1. The van der Waals surface area contributed by atoms with Gasteiger partial charge in [-0.1, -0.05) is 60.4 Å². The van der Waals surface area contributed by atoms with Gasteiger partial charge in [-0.3, -0.25) is 9.59 Å². The smallest absolute Gasteiger partial charge is 0.244 e. The minimum atomic E-state index is -0.212. The van der Waals surface area contributed by atoms with Crippen LogP contribution in [-0.4, -0.2) is 52.4 Å². The number of ether oxygens (including phenoxy) is 1. The first-order chi connectivity index (χ1) is 16.5. The Morgan fingerprint density at radius 2 is 1.79 bits per heavy atom. The van der Waals surface area contributed by atoms with Crippen molar-refractivity contribution >= 4 is 51.4 Å². The number of nitrogens with one attached hydrogen (secondary N) is 2. The Hall–Kier alpha value is -3.11. The van der Waals surface area contributed by atoms with E-state index in [1.54, 1.807) is 4.90 Å². The van der Waals surface area contributed by atoms with E-state index >= 15 is 0 Å². The van der Waals surface area contributed by atoms with Crippen molar-refractivity contribution in [3.8, 4) is 5.75 Å². The van der Waals surface area contributed by atoms with Crippen LogP contribution in [0.15, 0.2) is 52.9 Å². The van der Waals surface area contributed by atoms with Crippen LogP contribution in [0.25, 0.3) is 0 Å². The van der Waals surface area contributed by atoms with E-state index in [9.17, 15) is 9.59 Å². The van der Waals surface area contributed by atoms with Crippen molar-refractivity contribution in [1.29, 1.82) is 0 Å².